The van der Waals surface area contributed by atoms with E-state index in [0.717, 1.165) is 0 Å². The molecule has 142 valence electrons. The third-order valence-electron chi connectivity index (χ3n) is 3.49. The minimum absolute atomic E-state index is 0.200. The summed E-state index contributed by atoms with van der Waals surface area (Å²) in [5.74, 6) is -2.41. The van der Waals surface area contributed by atoms with Crippen molar-refractivity contribution in [2.24, 2.45) is 0 Å². The molecule has 1 heterocycles. The summed E-state index contributed by atoms with van der Waals surface area (Å²) in [6.07, 6.45) is -4.18. The van der Waals surface area contributed by atoms with Crippen LogP contribution in [0.4, 0.5) is 0 Å². The Kier molecular flexibility index (Phi) is 7.82. The summed E-state index contributed by atoms with van der Waals surface area (Å²) in [6, 6.07) is 0. The molecular formula is C16H24O9. The van der Waals surface area contributed by atoms with E-state index in [9.17, 15) is 19.2 Å². The average molecular weight is 360 g/mol. The van der Waals surface area contributed by atoms with Crippen LogP contribution >= 0.6 is 0 Å². The Morgan fingerprint density at radius 2 is 1.16 bits per heavy atom. The normalized spacial score (nSPS) is 28.6. The van der Waals surface area contributed by atoms with Crippen molar-refractivity contribution in [3.8, 4) is 0 Å². The first-order valence-corrected chi connectivity index (χ1v) is 7.96. The zero-order chi connectivity index (χ0) is 19.1. The van der Waals surface area contributed by atoms with E-state index < -0.39 is 54.4 Å². The maximum absolute atomic E-state index is 11.5. The maximum Gasteiger partial charge on any atom is 0.303 e. The van der Waals surface area contributed by atoms with Gasteiger partial charge in [0, 0.05) is 27.7 Å². The largest absolute Gasteiger partial charge is 0.463 e. The second-order valence-corrected chi connectivity index (χ2v) is 5.65. The molecule has 0 aromatic rings. The lowest BCUT2D eigenvalue weighted by Gasteiger charge is -2.44. The third kappa shape index (κ3) is 6.33. The zero-order valence-electron chi connectivity index (χ0n) is 15.0. The molecule has 9 nitrogen and oxygen atoms in total. The Balaban J connectivity index is 3.18. The highest BCUT2D eigenvalue weighted by Crippen LogP contribution is 2.30. The van der Waals surface area contributed by atoms with Crippen molar-refractivity contribution in [2.75, 3.05) is 6.61 Å². The molecule has 0 aromatic heterocycles. The zero-order valence-corrected chi connectivity index (χ0v) is 15.0. The lowest BCUT2D eigenvalue weighted by molar-refractivity contribution is -0.252. The van der Waals surface area contributed by atoms with E-state index in [-0.39, 0.29) is 6.61 Å². The van der Waals surface area contributed by atoms with Gasteiger partial charge in [0.2, 0.25) is 0 Å². The molecule has 0 saturated carbocycles. The van der Waals surface area contributed by atoms with Crippen molar-refractivity contribution in [1.29, 1.82) is 0 Å². The van der Waals surface area contributed by atoms with E-state index in [1.807, 2.05) is 0 Å². The first kappa shape index (κ1) is 20.9. The number of carbonyl (C=O) groups excluding carboxylic acids is 4. The number of ether oxygens (including phenoxy) is 5. The molecule has 1 rings (SSSR count). The summed E-state index contributed by atoms with van der Waals surface area (Å²) in [7, 11) is 0. The van der Waals surface area contributed by atoms with Crippen molar-refractivity contribution in [3.63, 3.8) is 0 Å². The predicted octanol–water partition coefficient (Wildman–Crippen LogP) is 0.522. The SMILES string of the molecule is CCC1O[C@H](COC(C)=O)[C@H](OC(C)=O)[C@H](OC(C)=O)[C@H]1OC(C)=O. The van der Waals surface area contributed by atoms with E-state index in [0.29, 0.717) is 6.42 Å². The molecule has 0 N–H and O–H groups in total. The fraction of sp³-hybridized carbons (Fsp3) is 0.750. The maximum atomic E-state index is 11.5. The van der Waals surface area contributed by atoms with Gasteiger partial charge in [0.1, 0.15) is 12.7 Å². The molecule has 1 saturated heterocycles. The van der Waals surface area contributed by atoms with Gasteiger partial charge in [0.15, 0.2) is 18.3 Å². The third-order valence-corrected chi connectivity index (χ3v) is 3.49. The fourth-order valence-electron chi connectivity index (χ4n) is 2.65. The summed E-state index contributed by atoms with van der Waals surface area (Å²) >= 11 is 0. The second kappa shape index (κ2) is 9.36. The summed E-state index contributed by atoms with van der Waals surface area (Å²) in [4.78, 5) is 45.5. The van der Waals surface area contributed by atoms with E-state index in [1.165, 1.54) is 27.7 Å². The Labute approximate surface area is 145 Å². The molecule has 1 aliphatic rings. The van der Waals surface area contributed by atoms with Gasteiger partial charge in [-0.25, -0.2) is 0 Å². The van der Waals surface area contributed by atoms with Crippen LogP contribution in [0, 0.1) is 0 Å². The highest BCUT2D eigenvalue weighted by atomic mass is 16.7. The quantitative estimate of drug-likeness (QED) is 0.494. The van der Waals surface area contributed by atoms with Crippen molar-refractivity contribution in [1.82, 2.24) is 0 Å². The molecule has 0 bridgehead atoms. The average Bonchev–Trinajstić information content (AvgIpc) is 2.48. The van der Waals surface area contributed by atoms with Crippen LogP contribution in [0.25, 0.3) is 0 Å². The smallest absolute Gasteiger partial charge is 0.303 e. The van der Waals surface area contributed by atoms with Crippen LogP contribution in [0.1, 0.15) is 41.0 Å². The van der Waals surface area contributed by atoms with Gasteiger partial charge in [0.25, 0.3) is 0 Å². The Hall–Kier alpha value is -2.16. The van der Waals surface area contributed by atoms with Crippen molar-refractivity contribution in [2.45, 2.75) is 71.6 Å². The van der Waals surface area contributed by atoms with Gasteiger partial charge in [0.05, 0.1) is 6.10 Å². The van der Waals surface area contributed by atoms with Gasteiger partial charge < -0.3 is 23.7 Å². The first-order valence-electron chi connectivity index (χ1n) is 7.96. The van der Waals surface area contributed by atoms with Crippen LogP contribution in [-0.2, 0) is 42.9 Å². The molecule has 0 spiro atoms. The van der Waals surface area contributed by atoms with Gasteiger partial charge in [-0.2, -0.15) is 0 Å². The molecule has 0 radical (unpaired) electrons. The minimum Gasteiger partial charge on any atom is -0.463 e. The molecule has 0 aliphatic carbocycles. The first-order chi connectivity index (χ1) is 11.6. The van der Waals surface area contributed by atoms with Crippen molar-refractivity contribution in [3.05, 3.63) is 0 Å². The van der Waals surface area contributed by atoms with Gasteiger partial charge in [-0.15, -0.1) is 0 Å². The topological polar surface area (TPSA) is 114 Å². The standard InChI is InChI=1S/C16H24O9/c1-6-12-14(22-9(3)18)16(24-11(5)20)15(23-10(4)19)13(25-12)7-21-8(2)17/h12-16H,6-7H2,1-5H3/t12?,13-,14+,15+,16-/m1/s1. The van der Waals surface area contributed by atoms with Gasteiger partial charge in [-0.05, 0) is 6.42 Å². The summed E-state index contributed by atoms with van der Waals surface area (Å²) in [5.41, 5.74) is 0. The molecule has 5 atom stereocenters. The molecule has 1 aliphatic heterocycles. The lowest BCUT2D eigenvalue weighted by Crippen LogP contribution is -2.62. The molecule has 0 amide bonds. The van der Waals surface area contributed by atoms with Gasteiger partial charge in [-0.3, -0.25) is 19.2 Å². The van der Waals surface area contributed by atoms with Crippen LogP contribution in [0.5, 0.6) is 0 Å². The van der Waals surface area contributed by atoms with Crippen LogP contribution in [0.2, 0.25) is 0 Å². The number of carbonyl (C=O) groups is 4. The van der Waals surface area contributed by atoms with Gasteiger partial charge >= 0.3 is 23.9 Å². The van der Waals surface area contributed by atoms with Gasteiger partial charge in [-0.1, -0.05) is 6.92 Å². The highest BCUT2D eigenvalue weighted by molar-refractivity contribution is 5.68. The number of hydrogen-bond acceptors (Lipinski definition) is 9. The number of esters is 4. The molecule has 0 aromatic carbocycles. The minimum atomic E-state index is -1.09. The van der Waals surface area contributed by atoms with Crippen molar-refractivity contribution < 1.29 is 42.9 Å². The van der Waals surface area contributed by atoms with Crippen LogP contribution in [-0.4, -0.2) is 61.0 Å². The van der Waals surface area contributed by atoms with E-state index in [1.54, 1.807) is 6.92 Å². The summed E-state index contributed by atoms with van der Waals surface area (Å²) in [6.45, 7) is 6.40. The summed E-state index contributed by atoms with van der Waals surface area (Å²) in [5, 5.41) is 0. The van der Waals surface area contributed by atoms with Crippen LogP contribution < -0.4 is 0 Å². The number of rotatable bonds is 6. The molecular weight excluding hydrogens is 336 g/mol. The van der Waals surface area contributed by atoms with Crippen LogP contribution in [0.15, 0.2) is 0 Å². The molecule has 1 fully saturated rings. The highest BCUT2D eigenvalue weighted by Gasteiger charge is 2.51. The van der Waals surface area contributed by atoms with E-state index in [2.05, 4.69) is 0 Å². The van der Waals surface area contributed by atoms with Crippen LogP contribution in [0.3, 0.4) is 0 Å². The number of hydrogen-bond donors (Lipinski definition) is 0. The Morgan fingerprint density at radius 1 is 0.720 bits per heavy atom. The van der Waals surface area contributed by atoms with Crippen molar-refractivity contribution >= 4 is 23.9 Å². The monoisotopic (exact) mass is 360 g/mol. The molecule has 25 heavy (non-hydrogen) atoms. The Bertz CT molecular complexity index is 516. The fourth-order valence-corrected chi connectivity index (χ4v) is 2.65. The second-order valence-electron chi connectivity index (χ2n) is 5.65. The Morgan fingerprint density at radius 3 is 1.56 bits per heavy atom. The predicted molar refractivity (Wildman–Crippen MR) is 82.2 cm³/mol. The summed E-state index contributed by atoms with van der Waals surface area (Å²) < 4.78 is 26.5. The van der Waals surface area contributed by atoms with E-state index >= 15 is 0 Å². The molecule has 1 unspecified atom stereocenters. The molecule has 9 heteroatoms. The van der Waals surface area contributed by atoms with E-state index in [4.69, 9.17) is 23.7 Å². The lowest BCUT2D eigenvalue weighted by atomic mass is 9.93.